The summed E-state index contributed by atoms with van der Waals surface area (Å²) >= 11 is 0. The Hall–Kier alpha value is -1.69. The van der Waals surface area contributed by atoms with Crippen molar-refractivity contribution >= 4 is 11.7 Å². The highest BCUT2D eigenvalue weighted by Gasteiger charge is 2.56. The van der Waals surface area contributed by atoms with Crippen molar-refractivity contribution < 1.29 is 9.90 Å². The Morgan fingerprint density at radius 2 is 2.08 bits per heavy atom. The summed E-state index contributed by atoms with van der Waals surface area (Å²) in [5.74, 6) is 1.76. The molecule has 4 N–H and O–H groups in total. The molecule has 1 aromatic rings. The summed E-state index contributed by atoms with van der Waals surface area (Å²) in [6.45, 7) is 0. The van der Waals surface area contributed by atoms with Gasteiger partial charge in [-0.25, -0.2) is 9.97 Å². The average molecular weight is 330 g/mol. The Morgan fingerprint density at radius 1 is 1.33 bits per heavy atom. The number of anilines is 1. The van der Waals surface area contributed by atoms with Crippen LogP contribution in [0.4, 0.5) is 5.82 Å². The fourth-order valence-corrected chi connectivity index (χ4v) is 4.66. The fraction of sp³-hybridized carbons (Fsp3) is 0.722. The lowest BCUT2D eigenvalue weighted by Crippen LogP contribution is -2.53. The van der Waals surface area contributed by atoms with Crippen LogP contribution in [0.5, 0.6) is 0 Å². The van der Waals surface area contributed by atoms with E-state index in [4.69, 9.17) is 5.73 Å². The van der Waals surface area contributed by atoms with Gasteiger partial charge in [-0.1, -0.05) is 12.8 Å². The highest BCUT2D eigenvalue weighted by Crippen LogP contribution is 2.65. The van der Waals surface area contributed by atoms with Gasteiger partial charge in [0, 0.05) is 18.7 Å². The molecule has 0 unspecified atom stereocenters. The number of rotatable bonds is 5. The Morgan fingerprint density at radius 3 is 2.75 bits per heavy atom. The van der Waals surface area contributed by atoms with Crippen LogP contribution in [0.2, 0.25) is 0 Å². The van der Waals surface area contributed by atoms with Crippen molar-refractivity contribution in [1.82, 2.24) is 9.97 Å². The summed E-state index contributed by atoms with van der Waals surface area (Å²) in [4.78, 5) is 20.7. The first-order valence-corrected chi connectivity index (χ1v) is 9.13. The van der Waals surface area contributed by atoms with E-state index in [-0.39, 0.29) is 12.1 Å². The summed E-state index contributed by atoms with van der Waals surface area (Å²) in [6.07, 6.45) is 10.7. The second-order valence-electron chi connectivity index (χ2n) is 8.08. The molecule has 2 bridgehead atoms. The predicted molar refractivity (Wildman–Crippen MR) is 90.5 cm³/mol. The van der Waals surface area contributed by atoms with Crippen LogP contribution in [0.15, 0.2) is 6.20 Å². The lowest BCUT2D eigenvalue weighted by molar-refractivity contribution is -0.106. The molecule has 4 fully saturated rings. The van der Waals surface area contributed by atoms with Crippen molar-refractivity contribution in [2.45, 2.75) is 69.9 Å². The smallest absolute Gasteiger partial charge is 0.254 e. The molecule has 0 radical (unpaired) electrons. The van der Waals surface area contributed by atoms with Crippen molar-refractivity contribution in [2.75, 3.05) is 5.32 Å². The van der Waals surface area contributed by atoms with Gasteiger partial charge in [-0.2, -0.15) is 0 Å². The highest BCUT2D eigenvalue weighted by atomic mass is 16.3. The van der Waals surface area contributed by atoms with Gasteiger partial charge in [-0.3, -0.25) is 4.79 Å². The number of aliphatic hydroxyl groups is 1. The lowest BCUT2D eigenvalue weighted by atomic mass is 9.43. The molecular formula is C18H26N4O2. The van der Waals surface area contributed by atoms with E-state index in [2.05, 4.69) is 15.3 Å². The summed E-state index contributed by atoms with van der Waals surface area (Å²) < 4.78 is 0. The van der Waals surface area contributed by atoms with Gasteiger partial charge >= 0.3 is 0 Å². The molecule has 5 rings (SSSR count). The van der Waals surface area contributed by atoms with E-state index in [9.17, 15) is 9.90 Å². The number of carbonyl (C=O) groups is 1. The Kier molecular flexibility index (Phi) is 3.95. The quantitative estimate of drug-likeness (QED) is 0.717. The highest BCUT2D eigenvalue weighted by molar-refractivity contribution is 5.97. The number of carbonyl (C=O) groups excluding carboxylic acids is 1. The monoisotopic (exact) mass is 330 g/mol. The normalized spacial score (nSPS) is 34.6. The molecule has 130 valence electrons. The molecule has 6 heteroatoms. The van der Waals surface area contributed by atoms with Gasteiger partial charge < -0.3 is 16.2 Å². The van der Waals surface area contributed by atoms with E-state index >= 15 is 0 Å². The summed E-state index contributed by atoms with van der Waals surface area (Å²) in [5, 5.41) is 13.4. The minimum absolute atomic E-state index is 0.123. The van der Waals surface area contributed by atoms with Gasteiger partial charge in [-0.05, 0) is 49.9 Å². The van der Waals surface area contributed by atoms with Crippen LogP contribution in [0, 0.1) is 11.3 Å². The molecule has 4 aliphatic carbocycles. The first-order chi connectivity index (χ1) is 11.5. The SMILES string of the molecule is NC(=O)c1cnc(CC23CC(C2)C3)nc1N[C@@H]1CCCC[C@H](O)C1. The minimum atomic E-state index is -0.510. The number of amides is 1. The molecule has 4 aliphatic rings. The van der Waals surface area contributed by atoms with Gasteiger partial charge in [0.15, 0.2) is 0 Å². The maximum absolute atomic E-state index is 11.7. The molecule has 1 amide bonds. The number of aliphatic hydroxyl groups excluding tert-OH is 1. The predicted octanol–water partition coefficient (Wildman–Crippen LogP) is 2.02. The van der Waals surface area contributed by atoms with Crippen LogP contribution in [-0.4, -0.2) is 33.1 Å². The van der Waals surface area contributed by atoms with Gasteiger partial charge in [0.25, 0.3) is 5.91 Å². The second kappa shape index (κ2) is 5.99. The zero-order chi connectivity index (χ0) is 16.7. The van der Waals surface area contributed by atoms with Crippen molar-refractivity contribution in [3.63, 3.8) is 0 Å². The minimum Gasteiger partial charge on any atom is -0.393 e. The Labute approximate surface area is 142 Å². The van der Waals surface area contributed by atoms with Crippen LogP contribution in [0.3, 0.4) is 0 Å². The number of nitrogens with one attached hydrogen (secondary N) is 1. The molecule has 0 saturated heterocycles. The molecule has 0 aromatic carbocycles. The van der Waals surface area contributed by atoms with Crippen LogP contribution in [0.1, 0.15) is 67.5 Å². The second-order valence-corrected chi connectivity index (χ2v) is 8.08. The summed E-state index contributed by atoms with van der Waals surface area (Å²) in [5.41, 5.74) is 6.26. The van der Waals surface area contributed by atoms with E-state index in [0.717, 1.165) is 43.8 Å². The number of aromatic nitrogens is 2. The molecular weight excluding hydrogens is 304 g/mol. The van der Waals surface area contributed by atoms with E-state index in [0.29, 0.717) is 23.2 Å². The average Bonchev–Trinajstić information content (AvgIpc) is 2.65. The maximum atomic E-state index is 11.7. The zero-order valence-corrected chi connectivity index (χ0v) is 14.0. The molecule has 0 spiro atoms. The molecule has 1 heterocycles. The fourth-order valence-electron chi connectivity index (χ4n) is 4.66. The largest absolute Gasteiger partial charge is 0.393 e. The summed E-state index contributed by atoms with van der Waals surface area (Å²) in [6, 6.07) is 0.123. The topological polar surface area (TPSA) is 101 Å². The molecule has 1 aromatic heterocycles. The zero-order valence-electron chi connectivity index (χ0n) is 14.0. The third-order valence-corrected chi connectivity index (χ3v) is 6.04. The lowest BCUT2D eigenvalue weighted by Gasteiger charge is -2.62. The van der Waals surface area contributed by atoms with Gasteiger partial charge in [0.05, 0.1) is 11.7 Å². The maximum Gasteiger partial charge on any atom is 0.254 e. The number of primary amides is 1. The van der Waals surface area contributed by atoms with E-state index in [1.54, 1.807) is 6.20 Å². The number of nitrogens with zero attached hydrogens (tertiary/aromatic N) is 2. The van der Waals surface area contributed by atoms with Crippen LogP contribution in [0.25, 0.3) is 0 Å². The number of hydrogen-bond acceptors (Lipinski definition) is 5. The van der Waals surface area contributed by atoms with Crippen molar-refractivity contribution in [1.29, 1.82) is 0 Å². The summed E-state index contributed by atoms with van der Waals surface area (Å²) in [7, 11) is 0. The Balaban J connectivity index is 1.52. The number of hydrogen-bond donors (Lipinski definition) is 3. The van der Waals surface area contributed by atoms with Gasteiger partial charge in [-0.15, -0.1) is 0 Å². The molecule has 2 atom stereocenters. The van der Waals surface area contributed by atoms with Crippen LogP contribution >= 0.6 is 0 Å². The first kappa shape index (κ1) is 15.8. The van der Waals surface area contributed by atoms with Crippen LogP contribution < -0.4 is 11.1 Å². The molecule has 6 nitrogen and oxygen atoms in total. The third kappa shape index (κ3) is 2.99. The number of nitrogens with two attached hydrogens (primary N) is 1. The first-order valence-electron chi connectivity index (χ1n) is 9.13. The standard InChI is InChI=1S/C18H26N4O2/c19-16(24)14-10-20-15(9-18-6-11(7-18)8-18)22-17(14)21-12-3-1-2-4-13(23)5-12/h10-13,23H,1-9H2,(H2,19,24)(H,20,21,22)/t11?,12-,13+,18?/m1/s1. The van der Waals surface area contributed by atoms with Crippen molar-refractivity contribution in [3.05, 3.63) is 17.6 Å². The third-order valence-electron chi connectivity index (χ3n) is 6.04. The molecule has 0 aliphatic heterocycles. The van der Waals surface area contributed by atoms with Crippen LogP contribution in [-0.2, 0) is 6.42 Å². The Bertz CT molecular complexity index is 631. The van der Waals surface area contributed by atoms with Gasteiger partial charge in [0.2, 0.25) is 0 Å². The molecule has 24 heavy (non-hydrogen) atoms. The van der Waals surface area contributed by atoms with Crippen molar-refractivity contribution in [3.8, 4) is 0 Å². The van der Waals surface area contributed by atoms with E-state index in [1.807, 2.05) is 0 Å². The van der Waals surface area contributed by atoms with Crippen molar-refractivity contribution in [2.24, 2.45) is 17.1 Å². The molecule has 4 saturated carbocycles. The van der Waals surface area contributed by atoms with E-state index in [1.165, 1.54) is 19.3 Å². The van der Waals surface area contributed by atoms with E-state index < -0.39 is 5.91 Å². The van der Waals surface area contributed by atoms with Gasteiger partial charge in [0.1, 0.15) is 11.6 Å².